The van der Waals surface area contributed by atoms with Crippen LogP contribution in [0.3, 0.4) is 0 Å². The predicted octanol–water partition coefficient (Wildman–Crippen LogP) is 3.57. The van der Waals surface area contributed by atoms with Crippen molar-refractivity contribution in [2.45, 2.75) is 12.8 Å². The molecule has 1 N–H and O–H groups in total. The van der Waals surface area contributed by atoms with Crippen molar-refractivity contribution in [2.24, 2.45) is 0 Å². The van der Waals surface area contributed by atoms with E-state index in [2.05, 4.69) is 60.5 Å². The third-order valence-electron chi connectivity index (χ3n) is 2.96. The van der Waals surface area contributed by atoms with E-state index in [1.54, 1.807) is 6.33 Å². The van der Waals surface area contributed by atoms with Crippen LogP contribution in [0.25, 0.3) is 11.3 Å². The molecule has 2 aromatic rings. The second kappa shape index (κ2) is 4.75. The molecule has 1 aliphatic carbocycles. The van der Waals surface area contributed by atoms with Crippen molar-refractivity contribution in [2.75, 3.05) is 0 Å². The van der Waals surface area contributed by atoms with Gasteiger partial charge in [0.15, 0.2) is 0 Å². The lowest BCUT2D eigenvalue weighted by Crippen LogP contribution is -2.03. The molecule has 0 aliphatic heterocycles. The lowest BCUT2D eigenvalue weighted by atomic mass is 9.91. The van der Waals surface area contributed by atoms with E-state index in [0.717, 1.165) is 24.1 Å². The van der Waals surface area contributed by atoms with Crippen LogP contribution in [0, 0.1) is 11.2 Å². The maximum Gasteiger partial charge on any atom is 0.0929 e. The Hall–Kier alpha value is -0.930. The molecule has 17 heavy (non-hydrogen) atoms. The van der Waals surface area contributed by atoms with Crippen LogP contribution < -0.4 is 0 Å². The molecule has 0 bridgehead atoms. The van der Waals surface area contributed by atoms with Gasteiger partial charge in [0, 0.05) is 38.0 Å². The van der Waals surface area contributed by atoms with Gasteiger partial charge < -0.3 is 4.98 Å². The van der Waals surface area contributed by atoms with Gasteiger partial charge in [0.1, 0.15) is 0 Å². The summed E-state index contributed by atoms with van der Waals surface area (Å²) >= 11 is 2.19. The second-order valence-electron chi connectivity index (χ2n) is 3.91. The number of nitrogens with zero attached hydrogens (tertiary/aromatic N) is 1. The Morgan fingerprint density at radius 2 is 2.29 bits per heavy atom. The Morgan fingerprint density at radius 1 is 1.35 bits per heavy atom. The molecule has 0 unspecified atom stereocenters. The van der Waals surface area contributed by atoms with Crippen LogP contribution in [-0.2, 0) is 12.8 Å². The monoisotopic (exact) mass is 352 g/mol. The number of rotatable bonds is 0. The first-order valence-corrected chi connectivity index (χ1v) is 8.68. The molecule has 2 nitrogen and oxygen atoms in total. The molecule has 4 heteroatoms. The van der Waals surface area contributed by atoms with Crippen LogP contribution in [0.5, 0.6) is 0 Å². The zero-order valence-corrected chi connectivity index (χ0v) is 11.9. The Labute approximate surface area is 116 Å². The van der Waals surface area contributed by atoms with E-state index in [0.29, 0.717) is 0 Å². The summed E-state index contributed by atoms with van der Waals surface area (Å²) in [6.07, 6.45) is 3.89. The molecule has 0 saturated carbocycles. The van der Waals surface area contributed by atoms with Gasteiger partial charge >= 0.3 is 0 Å². The Kier molecular flexibility index (Phi) is 3.12. The molecule has 3 rings (SSSR count). The summed E-state index contributed by atoms with van der Waals surface area (Å²) in [7, 11) is 1.52. The summed E-state index contributed by atoms with van der Waals surface area (Å²) in [5.41, 5.74) is 6.05. The number of halogens is 1. The standard InChI is InChI=1S/C13H9IN2S/c14-17-6-5-9-1-3-11-10(7-9)2-4-12-13(11)16-8-15-12/h1,3,7-8H,2,4H2,(H,15,16). The fourth-order valence-electron chi connectivity index (χ4n) is 2.19. The fourth-order valence-corrected chi connectivity index (χ4v) is 2.68. The topological polar surface area (TPSA) is 28.7 Å². The van der Waals surface area contributed by atoms with Crippen LogP contribution in [0.2, 0.25) is 0 Å². The van der Waals surface area contributed by atoms with Gasteiger partial charge in [-0.2, -0.15) is 0 Å². The molecule has 1 aromatic heterocycles. The molecular formula is C13H9IN2S. The van der Waals surface area contributed by atoms with E-state index in [4.69, 9.17) is 0 Å². The lowest BCUT2D eigenvalue weighted by molar-refractivity contribution is 0.908. The van der Waals surface area contributed by atoms with Gasteiger partial charge in [0.2, 0.25) is 0 Å². The molecule has 1 aromatic carbocycles. The van der Waals surface area contributed by atoms with Gasteiger partial charge in [-0.05, 0) is 44.7 Å². The second-order valence-corrected chi connectivity index (χ2v) is 5.59. The molecule has 0 saturated heterocycles. The summed E-state index contributed by atoms with van der Waals surface area (Å²) in [4.78, 5) is 7.60. The van der Waals surface area contributed by atoms with Gasteiger partial charge in [-0.25, -0.2) is 4.98 Å². The zero-order valence-electron chi connectivity index (χ0n) is 8.96. The highest BCUT2D eigenvalue weighted by molar-refractivity contribution is 14.2. The van der Waals surface area contributed by atoms with Crippen LogP contribution in [0.4, 0.5) is 0 Å². The van der Waals surface area contributed by atoms with Gasteiger partial charge in [-0.15, -0.1) is 0 Å². The highest BCUT2D eigenvalue weighted by atomic mass is 127. The number of H-pyrrole nitrogens is 1. The Bertz CT molecular complexity index is 622. The average Bonchev–Trinajstić information content (AvgIpc) is 2.84. The minimum Gasteiger partial charge on any atom is -0.348 e. The van der Waals surface area contributed by atoms with Crippen molar-refractivity contribution >= 4 is 30.1 Å². The number of fused-ring (bicyclic) bond motifs is 3. The first-order chi connectivity index (χ1) is 8.38. The molecular weight excluding hydrogens is 343 g/mol. The first kappa shape index (κ1) is 11.2. The van der Waals surface area contributed by atoms with E-state index < -0.39 is 0 Å². The number of nitrogens with one attached hydrogen (secondary N) is 1. The van der Waals surface area contributed by atoms with Crippen LogP contribution in [-0.4, -0.2) is 9.97 Å². The van der Waals surface area contributed by atoms with Crippen molar-refractivity contribution in [1.29, 1.82) is 0 Å². The number of aryl methyl sites for hydroxylation is 2. The molecule has 0 atom stereocenters. The van der Waals surface area contributed by atoms with E-state index in [-0.39, 0.29) is 0 Å². The van der Waals surface area contributed by atoms with Crippen LogP contribution in [0.15, 0.2) is 24.5 Å². The molecule has 1 heterocycles. The molecule has 0 fully saturated rings. The van der Waals surface area contributed by atoms with Gasteiger partial charge in [0.05, 0.1) is 12.0 Å². The SMILES string of the molecule is ISC#Cc1ccc2c(c1)CCc1[nH]cnc1-2. The first-order valence-electron chi connectivity index (χ1n) is 5.32. The van der Waals surface area contributed by atoms with E-state index in [1.807, 2.05) is 0 Å². The van der Waals surface area contributed by atoms with Crippen molar-refractivity contribution in [3.8, 4) is 22.4 Å². The Balaban J connectivity index is 2.07. The fraction of sp³-hybridized carbons (Fsp3) is 0.154. The number of hydrogen-bond acceptors (Lipinski definition) is 2. The van der Waals surface area contributed by atoms with E-state index in [9.17, 15) is 0 Å². The minimum atomic E-state index is 1.04. The quantitative estimate of drug-likeness (QED) is 0.580. The smallest absolute Gasteiger partial charge is 0.0929 e. The molecule has 0 radical (unpaired) electrons. The number of aromatic amines is 1. The van der Waals surface area contributed by atoms with E-state index in [1.165, 1.54) is 25.8 Å². The van der Waals surface area contributed by atoms with Crippen molar-refractivity contribution < 1.29 is 0 Å². The molecule has 1 aliphatic rings. The highest BCUT2D eigenvalue weighted by Crippen LogP contribution is 2.31. The molecule has 84 valence electrons. The van der Waals surface area contributed by atoms with Crippen LogP contribution in [0.1, 0.15) is 16.8 Å². The number of hydrogen-bond donors (Lipinski definition) is 1. The van der Waals surface area contributed by atoms with Crippen molar-refractivity contribution in [3.05, 3.63) is 41.3 Å². The number of benzene rings is 1. The van der Waals surface area contributed by atoms with Crippen LogP contribution >= 0.6 is 30.1 Å². The Morgan fingerprint density at radius 3 is 3.18 bits per heavy atom. The zero-order chi connectivity index (χ0) is 11.7. The maximum atomic E-state index is 4.39. The third kappa shape index (κ3) is 2.09. The summed E-state index contributed by atoms with van der Waals surface area (Å²) in [6.45, 7) is 0. The number of aromatic nitrogens is 2. The lowest BCUT2D eigenvalue weighted by Gasteiger charge is -2.15. The highest BCUT2D eigenvalue weighted by Gasteiger charge is 2.17. The third-order valence-corrected chi connectivity index (χ3v) is 3.80. The largest absolute Gasteiger partial charge is 0.348 e. The predicted molar refractivity (Wildman–Crippen MR) is 79.9 cm³/mol. The van der Waals surface area contributed by atoms with E-state index >= 15 is 0 Å². The van der Waals surface area contributed by atoms with Crippen molar-refractivity contribution in [3.63, 3.8) is 0 Å². The number of imidazole rings is 1. The normalized spacial score (nSPS) is 12.3. The van der Waals surface area contributed by atoms with Crippen molar-refractivity contribution in [1.82, 2.24) is 9.97 Å². The summed E-state index contributed by atoms with van der Waals surface area (Å²) in [6, 6.07) is 6.39. The summed E-state index contributed by atoms with van der Waals surface area (Å²) < 4.78 is 0. The summed E-state index contributed by atoms with van der Waals surface area (Å²) in [5, 5.41) is 3.02. The maximum absolute atomic E-state index is 4.39. The molecule has 0 amide bonds. The molecule has 0 spiro atoms. The van der Waals surface area contributed by atoms with Gasteiger partial charge in [-0.3, -0.25) is 0 Å². The van der Waals surface area contributed by atoms with Gasteiger partial charge in [0.25, 0.3) is 0 Å². The minimum absolute atomic E-state index is 1.04. The summed E-state index contributed by atoms with van der Waals surface area (Å²) in [5.74, 6) is 3.14. The average molecular weight is 352 g/mol. The van der Waals surface area contributed by atoms with Gasteiger partial charge in [-0.1, -0.05) is 12.0 Å².